The van der Waals surface area contributed by atoms with Gasteiger partial charge in [-0.25, -0.2) is 4.98 Å². The van der Waals surface area contributed by atoms with E-state index in [9.17, 15) is 9.59 Å². The van der Waals surface area contributed by atoms with Crippen molar-refractivity contribution in [1.82, 2.24) is 9.88 Å². The Bertz CT molecular complexity index is 799. The molecule has 7 heteroatoms. The van der Waals surface area contributed by atoms with Gasteiger partial charge in [-0.1, -0.05) is 22.9 Å². The van der Waals surface area contributed by atoms with Crippen molar-refractivity contribution in [2.75, 3.05) is 11.9 Å². The van der Waals surface area contributed by atoms with E-state index < -0.39 is 0 Å². The highest BCUT2D eigenvalue weighted by atomic mass is 35.5. The molecule has 0 saturated heterocycles. The van der Waals surface area contributed by atoms with Crippen LogP contribution in [0, 0.1) is 5.92 Å². The average Bonchev–Trinajstić information content (AvgIpc) is 3.35. The first-order valence-electron chi connectivity index (χ1n) is 7.94. The fourth-order valence-electron chi connectivity index (χ4n) is 2.75. The summed E-state index contributed by atoms with van der Waals surface area (Å²) in [7, 11) is 0. The van der Waals surface area contributed by atoms with Crippen molar-refractivity contribution >= 4 is 39.9 Å². The molecule has 2 aliphatic rings. The number of nitrogens with one attached hydrogen (secondary N) is 1. The Morgan fingerprint density at radius 3 is 2.71 bits per heavy atom. The second-order valence-corrected chi connectivity index (χ2v) is 7.66. The van der Waals surface area contributed by atoms with Gasteiger partial charge in [0.25, 0.3) is 5.91 Å². The van der Waals surface area contributed by atoms with Crippen LogP contribution >= 0.6 is 22.9 Å². The molecule has 0 radical (unpaired) electrons. The van der Waals surface area contributed by atoms with E-state index in [1.165, 1.54) is 11.3 Å². The van der Waals surface area contributed by atoms with Crippen LogP contribution in [0.5, 0.6) is 0 Å². The predicted octanol–water partition coefficient (Wildman–Crippen LogP) is 3.34. The molecule has 0 atom stereocenters. The van der Waals surface area contributed by atoms with E-state index in [4.69, 9.17) is 11.6 Å². The number of rotatable bonds is 3. The van der Waals surface area contributed by atoms with Gasteiger partial charge in [-0.3, -0.25) is 9.59 Å². The van der Waals surface area contributed by atoms with Crippen molar-refractivity contribution in [2.24, 2.45) is 5.92 Å². The molecule has 1 saturated carbocycles. The highest BCUT2D eigenvalue weighted by molar-refractivity contribution is 7.15. The standard InChI is InChI=1S/C17H16ClN3O2S/c18-12-5-3-11(4-6-12)16(23)21-8-7-13-14(9-21)24-17(19-13)20-15(22)10-1-2-10/h3-6,10H,1-2,7-9H2,(H,19,20,22). The van der Waals surface area contributed by atoms with E-state index in [1.54, 1.807) is 24.3 Å². The quantitative estimate of drug-likeness (QED) is 0.911. The van der Waals surface area contributed by atoms with Gasteiger partial charge in [0, 0.05) is 34.3 Å². The number of thiazole rings is 1. The molecule has 1 aliphatic heterocycles. The van der Waals surface area contributed by atoms with E-state index in [-0.39, 0.29) is 17.7 Å². The summed E-state index contributed by atoms with van der Waals surface area (Å²) in [5.41, 5.74) is 1.63. The second kappa shape index (κ2) is 6.18. The Morgan fingerprint density at radius 2 is 2.00 bits per heavy atom. The normalized spacial score (nSPS) is 16.6. The number of nitrogens with zero attached hydrogens (tertiary/aromatic N) is 2. The maximum absolute atomic E-state index is 12.6. The fourth-order valence-corrected chi connectivity index (χ4v) is 3.90. The maximum atomic E-state index is 12.6. The summed E-state index contributed by atoms with van der Waals surface area (Å²) in [6.45, 7) is 1.17. The van der Waals surface area contributed by atoms with Crippen molar-refractivity contribution in [1.29, 1.82) is 0 Å². The van der Waals surface area contributed by atoms with Gasteiger partial charge in [0.1, 0.15) is 0 Å². The van der Waals surface area contributed by atoms with Crippen LogP contribution in [0.25, 0.3) is 0 Å². The third-order valence-electron chi connectivity index (χ3n) is 4.29. The van der Waals surface area contributed by atoms with Gasteiger partial charge in [0.2, 0.25) is 5.91 Å². The summed E-state index contributed by atoms with van der Waals surface area (Å²) in [6, 6.07) is 6.94. The van der Waals surface area contributed by atoms with E-state index in [0.717, 1.165) is 23.4 Å². The van der Waals surface area contributed by atoms with Crippen molar-refractivity contribution in [3.05, 3.63) is 45.4 Å². The zero-order valence-corrected chi connectivity index (χ0v) is 14.5. The molecule has 0 bridgehead atoms. The average molecular weight is 362 g/mol. The molecule has 0 spiro atoms. The Hall–Kier alpha value is -1.92. The molecule has 2 aromatic rings. The number of aromatic nitrogens is 1. The summed E-state index contributed by atoms with van der Waals surface area (Å²) < 4.78 is 0. The lowest BCUT2D eigenvalue weighted by atomic mass is 10.1. The van der Waals surface area contributed by atoms with Gasteiger partial charge >= 0.3 is 0 Å². The number of fused-ring (bicyclic) bond motifs is 1. The molecule has 5 nitrogen and oxygen atoms in total. The van der Waals surface area contributed by atoms with E-state index >= 15 is 0 Å². The van der Waals surface area contributed by atoms with E-state index in [2.05, 4.69) is 10.3 Å². The number of anilines is 1. The summed E-state index contributed by atoms with van der Waals surface area (Å²) in [5.74, 6) is 0.221. The van der Waals surface area contributed by atoms with Crippen LogP contribution in [0.3, 0.4) is 0 Å². The predicted molar refractivity (Wildman–Crippen MR) is 93.4 cm³/mol. The lowest BCUT2D eigenvalue weighted by Crippen LogP contribution is -2.35. The highest BCUT2D eigenvalue weighted by Gasteiger charge is 2.31. The lowest BCUT2D eigenvalue weighted by Gasteiger charge is -2.26. The zero-order chi connectivity index (χ0) is 16.7. The number of hydrogen-bond donors (Lipinski definition) is 1. The molecule has 1 aromatic heterocycles. The minimum Gasteiger partial charge on any atom is -0.333 e. The number of benzene rings is 1. The molecule has 1 aromatic carbocycles. The maximum Gasteiger partial charge on any atom is 0.254 e. The molecular weight excluding hydrogens is 346 g/mol. The third kappa shape index (κ3) is 3.16. The molecule has 124 valence electrons. The van der Waals surface area contributed by atoms with Gasteiger partial charge < -0.3 is 10.2 Å². The molecule has 2 amide bonds. The molecule has 1 fully saturated rings. The van der Waals surface area contributed by atoms with Crippen molar-refractivity contribution in [3.63, 3.8) is 0 Å². The molecule has 1 N–H and O–H groups in total. The zero-order valence-electron chi connectivity index (χ0n) is 12.9. The first kappa shape index (κ1) is 15.6. The monoisotopic (exact) mass is 361 g/mol. The Kier molecular flexibility index (Phi) is 4.02. The fraction of sp³-hybridized carbons (Fsp3) is 0.353. The summed E-state index contributed by atoms with van der Waals surface area (Å²) >= 11 is 7.34. The number of halogens is 1. The third-order valence-corrected chi connectivity index (χ3v) is 5.54. The van der Waals surface area contributed by atoms with Crippen molar-refractivity contribution in [2.45, 2.75) is 25.8 Å². The van der Waals surface area contributed by atoms with Gasteiger partial charge in [-0.2, -0.15) is 0 Å². The Labute approximate surface area is 148 Å². The van der Waals surface area contributed by atoms with Gasteiger partial charge in [0.15, 0.2) is 5.13 Å². The van der Waals surface area contributed by atoms with Crippen LogP contribution < -0.4 is 5.32 Å². The van der Waals surface area contributed by atoms with E-state index in [0.29, 0.717) is 35.2 Å². The van der Waals surface area contributed by atoms with Crippen LogP contribution in [0.2, 0.25) is 5.02 Å². The molecule has 2 heterocycles. The van der Waals surface area contributed by atoms with Crippen LogP contribution in [0.1, 0.15) is 33.8 Å². The van der Waals surface area contributed by atoms with Crippen molar-refractivity contribution in [3.8, 4) is 0 Å². The second-order valence-electron chi connectivity index (χ2n) is 6.14. The van der Waals surface area contributed by atoms with Crippen LogP contribution in [0.15, 0.2) is 24.3 Å². The molecular formula is C17H16ClN3O2S. The van der Waals surface area contributed by atoms with Crippen LogP contribution in [-0.2, 0) is 17.8 Å². The SMILES string of the molecule is O=C(Nc1nc2c(s1)CN(C(=O)c1ccc(Cl)cc1)CC2)C1CC1. The molecule has 1 aliphatic carbocycles. The smallest absolute Gasteiger partial charge is 0.254 e. The number of carbonyl (C=O) groups is 2. The lowest BCUT2D eigenvalue weighted by molar-refractivity contribution is -0.117. The molecule has 0 unspecified atom stereocenters. The van der Waals surface area contributed by atoms with Crippen LogP contribution in [0.4, 0.5) is 5.13 Å². The first-order chi connectivity index (χ1) is 11.6. The number of amides is 2. The first-order valence-corrected chi connectivity index (χ1v) is 9.14. The number of carbonyl (C=O) groups excluding carboxylic acids is 2. The summed E-state index contributed by atoms with van der Waals surface area (Å²) in [5, 5.41) is 4.16. The van der Waals surface area contributed by atoms with Gasteiger partial charge in [0.05, 0.1) is 12.2 Å². The number of hydrogen-bond acceptors (Lipinski definition) is 4. The largest absolute Gasteiger partial charge is 0.333 e. The molecule has 24 heavy (non-hydrogen) atoms. The minimum absolute atomic E-state index is 0.00529. The van der Waals surface area contributed by atoms with Gasteiger partial charge in [-0.15, -0.1) is 0 Å². The summed E-state index contributed by atoms with van der Waals surface area (Å²) in [4.78, 5) is 31.8. The highest BCUT2D eigenvalue weighted by Crippen LogP contribution is 2.33. The summed E-state index contributed by atoms with van der Waals surface area (Å²) in [6.07, 6.45) is 2.66. The van der Waals surface area contributed by atoms with Crippen molar-refractivity contribution < 1.29 is 9.59 Å². The molecule has 4 rings (SSSR count). The van der Waals surface area contributed by atoms with Gasteiger partial charge in [-0.05, 0) is 37.1 Å². The Balaban J connectivity index is 1.46. The van der Waals surface area contributed by atoms with E-state index in [1.807, 2.05) is 4.90 Å². The minimum atomic E-state index is -0.00529. The Morgan fingerprint density at radius 1 is 1.25 bits per heavy atom. The topological polar surface area (TPSA) is 62.3 Å². The van der Waals surface area contributed by atoms with Crippen LogP contribution in [-0.4, -0.2) is 28.2 Å².